The largest absolute Gasteiger partial charge is 0.416 e. The lowest BCUT2D eigenvalue weighted by atomic mass is 10.0. The molecule has 0 aliphatic rings. The fourth-order valence-corrected chi connectivity index (χ4v) is 3.18. The van der Waals surface area contributed by atoms with Gasteiger partial charge in [-0.25, -0.2) is 9.50 Å². The maximum atomic E-state index is 12.9. The molecule has 4 rings (SSSR count). The molecule has 0 atom stereocenters. The second-order valence-corrected chi connectivity index (χ2v) is 6.51. The summed E-state index contributed by atoms with van der Waals surface area (Å²) in [5, 5.41) is 11.8. The predicted octanol–water partition coefficient (Wildman–Crippen LogP) is 4.56. The van der Waals surface area contributed by atoms with E-state index < -0.39 is 11.7 Å². The molecular formula is C21H13F3N4O. The lowest BCUT2D eigenvalue weighted by Gasteiger charge is -2.08. The first-order valence-electron chi connectivity index (χ1n) is 8.58. The monoisotopic (exact) mass is 394 g/mol. The number of rotatable bonds is 2. The minimum Gasteiger partial charge on any atom is -0.293 e. The number of H-pyrrole nitrogens is 1. The van der Waals surface area contributed by atoms with Crippen molar-refractivity contribution in [1.82, 2.24) is 14.6 Å². The minimum atomic E-state index is -4.42. The van der Waals surface area contributed by atoms with Gasteiger partial charge in [0.2, 0.25) is 0 Å². The van der Waals surface area contributed by atoms with Gasteiger partial charge in [-0.1, -0.05) is 24.3 Å². The van der Waals surface area contributed by atoms with Gasteiger partial charge in [0.15, 0.2) is 5.65 Å². The van der Waals surface area contributed by atoms with Crippen molar-refractivity contribution in [2.45, 2.75) is 13.1 Å². The van der Waals surface area contributed by atoms with Crippen LogP contribution in [0, 0.1) is 18.3 Å². The van der Waals surface area contributed by atoms with Gasteiger partial charge in [-0.3, -0.25) is 9.89 Å². The van der Waals surface area contributed by atoms with Crippen LogP contribution in [0.15, 0.2) is 59.4 Å². The first kappa shape index (κ1) is 18.5. The van der Waals surface area contributed by atoms with Crippen LogP contribution in [0.1, 0.15) is 16.8 Å². The highest BCUT2D eigenvalue weighted by Gasteiger charge is 2.30. The van der Waals surface area contributed by atoms with E-state index in [2.05, 4.69) is 10.1 Å². The van der Waals surface area contributed by atoms with E-state index in [1.807, 2.05) is 6.07 Å². The molecule has 0 aliphatic heterocycles. The van der Waals surface area contributed by atoms with Crippen LogP contribution in [0.2, 0.25) is 0 Å². The number of hydrogen-bond donors (Lipinski definition) is 1. The molecule has 1 N–H and O–H groups in total. The summed E-state index contributed by atoms with van der Waals surface area (Å²) in [6.45, 7) is 1.72. The van der Waals surface area contributed by atoms with E-state index in [1.54, 1.807) is 31.2 Å². The Labute approximate surface area is 162 Å². The molecule has 0 aliphatic carbocycles. The van der Waals surface area contributed by atoms with Gasteiger partial charge in [0, 0.05) is 22.9 Å². The van der Waals surface area contributed by atoms with Crippen molar-refractivity contribution in [3.05, 3.63) is 81.8 Å². The lowest BCUT2D eigenvalue weighted by molar-refractivity contribution is -0.137. The summed E-state index contributed by atoms with van der Waals surface area (Å²) in [6.07, 6.45) is -4.42. The Balaban J connectivity index is 1.89. The third-order valence-electron chi connectivity index (χ3n) is 4.61. The normalized spacial score (nSPS) is 11.6. The van der Waals surface area contributed by atoms with Crippen molar-refractivity contribution in [3.63, 3.8) is 0 Å². The Bertz CT molecular complexity index is 1310. The number of benzene rings is 2. The molecule has 0 unspecified atom stereocenters. The molecule has 0 saturated heterocycles. The first-order valence-corrected chi connectivity index (χ1v) is 8.58. The molecule has 0 bridgehead atoms. The van der Waals surface area contributed by atoms with E-state index >= 15 is 0 Å². The zero-order valence-corrected chi connectivity index (χ0v) is 15.1. The molecular weight excluding hydrogens is 381 g/mol. The third kappa shape index (κ3) is 3.27. The second kappa shape index (κ2) is 6.63. The topological polar surface area (TPSA) is 73.9 Å². The Morgan fingerprint density at radius 3 is 2.24 bits per heavy atom. The number of hydrogen-bond acceptors (Lipinski definition) is 3. The maximum Gasteiger partial charge on any atom is 0.416 e. The molecule has 8 heteroatoms. The quantitative estimate of drug-likeness (QED) is 0.542. The summed E-state index contributed by atoms with van der Waals surface area (Å²) in [5.41, 5.74) is 2.42. The van der Waals surface area contributed by atoms with Gasteiger partial charge in [-0.15, -0.1) is 0 Å². The molecule has 4 aromatic rings. The van der Waals surface area contributed by atoms with Crippen molar-refractivity contribution in [2.75, 3.05) is 0 Å². The van der Waals surface area contributed by atoms with Gasteiger partial charge in [-0.2, -0.15) is 18.4 Å². The molecule has 0 amide bonds. The molecule has 0 spiro atoms. The molecule has 29 heavy (non-hydrogen) atoms. The van der Waals surface area contributed by atoms with E-state index in [1.165, 1.54) is 22.7 Å². The van der Waals surface area contributed by atoms with Gasteiger partial charge in [0.25, 0.3) is 5.56 Å². The van der Waals surface area contributed by atoms with Gasteiger partial charge in [0.1, 0.15) is 0 Å². The number of fused-ring (bicyclic) bond motifs is 1. The van der Waals surface area contributed by atoms with Gasteiger partial charge >= 0.3 is 6.18 Å². The number of nitriles is 1. The van der Waals surface area contributed by atoms with Crippen LogP contribution in [0.25, 0.3) is 28.0 Å². The van der Waals surface area contributed by atoms with E-state index in [9.17, 15) is 18.0 Å². The van der Waals surface area contributed by atoms with Crippen molar-refractivity contribution >= 4 is 5.65 Å². The van der Waals surface area contributed by atoms with Crippen LogP contribution in [-0.4, -0.2) is 14.6 Å². The highest BCUT2D eigenvalue weighted by molar-refractivity contribution is 5.81. The van der Waals surface area contributed by atoms with Crippen molar-refractivity contribution in [3.8, 4) is 28.5 Å². The Morgan fingerprint density at radius 2 is 1.66 bits per heavy atom. The molecule has 0 radical (unpaired) electrons. The number of alkyl halides is 3. The average Bonchev–Trinajstić information content (AvgIpc) is 3.04. The van der Waals surface area contributed by atoms with E-state index in [0.29, 0.717) is 39.3 Å². The smallest absolute Gasteiger partial charge is 0.293 e. The summed E-state index contributed by atoms with van der Waals surface area (Å²) in [5.74, 6) is 0. The highest BCUT2D eigenvalue weighted by atomic mass is 19.4. The van der Waals surface area contributed by atoms with Gasteiger partial charge in [0.05, 0.1) is 22.9 Å². The fraction of sp³-hybridized carbons (Fsp3) is 0.0952. The molecule has 0 saturated carbocycles. The standard InChI is InChI=1S/C21H13F3N4O/c1-12-19(15-6-8-16(9-7-15)21(22,23)24)20-26-17(10-18(29)28(20)27-12)14-4-2-13(11-25)3-5-14/h2-10,27H,1H3. The molecule has 0 fully saturated rings. The SMILES string of the molecule is Cc1[nH]n2c(=O)cc(-c3ccc(C#N)cc3)nc2c1-c1ccc(C(F)(F)F)cc1. The molecule has 5 nitrogen and oxygen atoms in total. The number of aromatic nitrogens is 3. The zero-order chi connectivity index (χ0) is 20.8. The summed E-state index contributed by atoms with van der Waals surface area (Å²) >= 11 is 0. The number of nitrogens with zero attached hydrogens (tertiary/aromatic N) is 3. The summed E-state index contributed by atoms with van der Waals surface area (Å²) in [6, 6.07) is 14.7. The Morgan fingerprint density at radius 1 is 1.03 bits per heavy atom. The van der Waals surface area contributed by atoms with E-state index in [4.69, 9.17) is 5.26 Å². The van der Waals surface area contributed by atoms with Crippen LogP contribution < -0.4 is 5.56 Å². The number of halogens is 3. The Kier molecular flexibility index (Phi) is 4.23. The zero-order valence-electron chi connectivity index (χ0n) is 15.1. The number of aryl methyl sites for hydroxylation is 1. The van der Waals surface area contributed by atoms with Crippen LogP contribution in [-0.2, 0) is 6.18 Å². The average molecular weight is 394 g/mol. The van der Waals surface area contributed by atoms with Crippen molar-refractivity contribution in [2.24, 2.45) is 0 Å². The van der Waals surface area contributed by atoms with Crippen LogP contribution in [0.4, 0.5) is 13.2 Å². The van der Waals surface area contributed by atoms with Crippen LogP contribution in [0.3, 0.4) is 0 Å². The van der Waals surface area contributed by atoms with Crippen molar-refractivity contribution < 1.29 is 13.2 Å². The van der Waals surface area contributed by atoms with E-state index in [-0.39, 0.29) is 5.56 Å². The highest BCUT2D eigenvalue weighted by Crippen LogP contribution is 2.33. The number of nitrogens with one attached hydrogen (secondary N) is 1. The third-order valence-corrected chi connectivity index (χ3v) is 4.61. The summed E-state index contributed by atoms with van der Waals surface area (Å²) in [4.78, 5) is 17.1. The summed E-state index contributed by atoms with van der Waals surface area (Å²) in [7, 11) is 0. The van der Waals surface area contributed by atoms with Crippen LogP contribution in [0.5, 0.6) is 0 Å². The van der Waals surface area contributed by atoms with E-state index in [0.717, 1.165) is 12.1 Å². The second-order valence-electron chi connectivity index (χ2n) is 6.51. The fourth-order valence-electron chi connectivity index (χ4n) is 3.18. The van der Waals surface area contributed by atoms with Crippen LogP contribution >= 0.6 is 0 Å². The molecule has 2 heterocycles. The molecule has 144 valence electrons. The van der Waals surface area contributed by atoms with Crippen molar-refractivity contribution in [1.29, 1.82) is 5.26 Å². The predicted molar refractivity (Wildman–Crippen MR) is 101 cm³/mol. The molecule has 2 aromatic heterocycles. The maximum absolute atomic E-state index is 12.9. The van der Waals surface area contributed by atoms with Gasteiger partial charge in [-0.05, 0) is 36.8 Å². The molecule has 2 aromatic carbocycles. The first-order chi connectivity index (χ1) is 13.8. The lowest BCUT2D eigenvalue weighted by Crippen LogP contribution is -2.14. The minimum absolute atomic E-state index is 0.314. The Hall–Kier alpha value is -3.86. The van der Waals surface area contributed by atoms with Gasteiger partial charge < -0.3 is 0 Å². The number of aromatic amines is 1. The summed E-state index contributed by atoms with van der Waals surface area (Å²) < 4.78 is 39.8.